The van der Waals surface area contributed by atoms with Crippen LogP contribution in [0.2, 0.25) is 0 Å². The first-order valence-electron chi connectivity index (χ1n) is 9.62. The van der Waals surface area contributed by atoms with Gasteiger partial charge in [0.1, 0.15) is 6.61 Å². The van der Waals surface area contributed by atoms with Crippen molar-refractivity contribution < 1.29 is 18.7 Å². The molecule has 0 aliphatic carbocycles. The predicted molar refractivity (Wildman–Crippen MR) is 115 cm³/mol. The van der Waals surface area contributed by atoms with Crippen molar-refractivity contribution in [3.8, 4) is 17.1 Å². The van der Waals surface area contributed by atoms with Gasteiger partial charge in [0, 0.05) is 22.3 Å². The van der Waals surface area contributed by atoms with E-state index in [-0.39, 0.29) is 17.9 Å². The zero-order chi connectivity index (χ0) is 21.4. The van der Waals surface area contributed by atoms with E-state index >= 15 is 0 Å². The summed E-state index contributed by atoms with van der Waals surface area (Å²) in [6.07, 6.45) is 0.616. The number of pyridine rings is 2. The van der Waals surface area contributed by atoms with Crippen molar-refractivity contribution in [3.63, 3.8) is 0 Å². The molecule has 6 nitrogen and oxygen atoms in total. The highest BCUT2D eigenvalue weighted by Crippen LogP contribution is 2.37. The summed E-state index contributed by atoms with van der Waals surface area (Å²) >= 11 is 3.27. The summed E-state index contributed by atoms with van der Waals surface area (Å²) in [5.41, 5.74) is 4.85. The molecule has 0 N–H and O–H groups in total. The second-order valence-corrected chi connectivity index (χ2v) is 7.88. The zero-order valence-electron chi connectivity index (χ0n) is 16.6. The number of fused-ring (bicyclic) bond motifs is 4. The lowest BCUT2D eigenvalue weighted by Gasteiger charge is -2.12. The smallest absolute Gasteiger partial charge is 0.293 e. The SMILES string of the molecule is CCc1cc2n(c(=O)c1COC=O)Cc1c-2nc2cc(F)c(OCCBr)cc2c1C. The van der Waals surface area contributed by atoms with Crippen LogP contribution in [0.1, 0.15) is 29.2 Å². The van der Waals surface area contributed by atoms with Crippen molar-refractivity contribution in [2.75, 3.05) is 11.9 Å². The quantitative estimate of drug-likeness (QED) is 0.300. The van der Waals surface area contributed by atoms with Crippen molar-refractivity contribution >= 4 is 33.3 Å². The monoisotopic (exact) mass is 474 g/mol. The van der Waals surface area contributed by atoms with E-state index in [1.807, 2.05) is 19.9 Å². The molecule has 0 radical (unpaired) electrons. The largest absolute Gasteiger partial charge is 0.490 e. The Bertz CT molecular complexity index is 1220. The summed E-state index contributed by atoms with van der Waals surface area (Å²) in [4.78, 5) is 28.4. The molecule has 0 amide bonds. The first-order chi connectivity index (χ1) is 14.5. The number of aromatic nitrogens is 2. The summed E-state index contributed by atoms with van der Waals surface area (Å²) in [6.45, 7) is 4.89. The van der Waals surface area contributed by atoms with Gasteiger partial charge in [-0.25, -0.2) is 9.37 Å². The Morgan fingerprint density at radius 2 is 2.13 bits per heavy atom. The van der Waals surface area contributed by atoms with E-state index in [0.717, 1.165) is 22.1 Å². The summed E-state index contributed by atoms with van der Waals surface area (Å²) < 4.78 is 26.5. The van der Waals surface area contributed by atoms with Crippen molar-refractivity contribution in [1.29, 1.82) is 0 Å². The number of alkyl halides is 1. The van der Waals surface area contributed by atoms with Gasteiger partial charge >= 0.3 is 0 Å². The van der Waals surface area contributed by atoms with Gasteiger partial charge in [-0.1, -0.05) is 22.9 Å². The van der Waals surface area contributed by atoms with Gasteiger partial charge < -0.3 is 14.0 Å². The van der Waals surface area contributed by atoms with Gasteiger partial charge in [0.15, 0.2) is 11.6 Å². The van der Waals surface area contributed by atoms with Crippen molar-refractivity contribution in [1.82, 2.24) is 9.55 Å². The van der Waals surface area contributed by atoms with Crippen LogP contribution in [-0.2, 0) is 29.1 Å². The maximum Gasteiger partial charge on any atom is 0.293 e. The van der Waals surface area contributed by atoms with E-state index in [2.05, 4.69) is 15.9 Å². The normalized spacial score (nSPS) is 12.0. The molecular weight excluding hydrogens is 455 g/mol. The van der Waals surface area contributed by atoms with Gasteiger partial charge in [-0.05, 0) is 36.6 Å². The molecule has 0 spiro atoms. The maximum absolute atomic E-state index is 14.5. The molecular formula is C22H20BrFN2O4. The van der Waals surface area contributed by atoms with Crippen LogP contribution in [0.3, 0.4) is 0 Å². The fraction of sp³-hybridized carbons (Fsp3) is 0.318. The average molecular weight is 475 g/mol. The van der Waals surface area contributed by atoms with Crippen LogP contribution < -0.4 is 10.3 Å². The number of hydrogen-bond acceptors (Lipinski definition) is 5. The van der Waals surface area contributed by atoms with Crippen LogP contribution >= 0.6 is 15.9 Å². The molecule has 0 saturated carbocycles. The third kappa shape index (κ3) is 3.29. The Kier molecular flexibility index (Phi) is 5.60. The summed E-state index contributed by atoms with van der Waals surface area (Å²) in [5.74, 6) is -0.290. The number of aryl methyl sites for hydroxylation is 2. The van der Waals surface area contributed by atoms with Crippen LogP contribution in [0.5, 0.6) is 5.75 Å². The van der Waals surface area contributed by atoms with Crippen molar-refractivity contribution in [3.05, 3.63) is 56.6 Å². The van der Waals surface area contributed by atoms with Gasteiger partial charge in [-0.2, -0.15) is 0 Å². The number of rotatable bonds is 7. The van der Waals surface area contributed by atoms with Crippen LogP contribution in [0.15, 0.2) is 23.0 Å². The molecule has 0 fully saturated rings. The Hall–Kier alpha value is -2.74. The third-order valence-electron chi connectivity index (χ3n) is 5.49. The number of benzene rings is 1. The lowest BCUT2D eigenvalue weighted by molar-refractivity contribution is -0.129. The van der Waals surface area contributed by atoms with Crippen molar-refractivity contribution in [2.45, 2.75) is 33.4 Å². The van der Waals surface area contributed by atoms with Gasteiger partial charge in [0.2, 0.25) is 0 Å². The molecule has 0 atom stereocenters. The molecule has 1 aliphatic rings. The minimum absolute atomic E-state index is 0.0595. The maximum atomic E-state index is 14.5. The third-order valence-corrected chi connectivity index (χ3v) is 5.81. The Morgan fingerprint density at radius 1 is 1.33 bits per heavy atom. The highest BCUT2D eigenvalue weighted by molar-refractivity contribution is 9.09. The second kappa shape index (κ2) is 8.18. The van der Waals surface area contributed by atoms with Gasteiger partial charge in [0.25, 0.3) is 12.0 Å². The Labute approximate surface area is 180 Å². The fourth-order valence-corrected chi connectivity index (χ4v) is 4.13. The molecule has 30 heavy (non-hydrogen) atoms. The number of carbonyl (C=O) groups excluding carboxylic acids is 1. The number of hydrogen-bond donors (Lipinski definition) is 0. The van der Waals surface area contributed by atoms with E-state index in [1.165, 1.54) is 6.07 Å². The summed E-state index contributed by atoms with van der Waals surface area (Å²) in [6, 6.07) is 4.96. The van der Waals surface area contributed by atoms with Gasteiger partial charge in [0.05, 0.1) is 35.6 Å². The van der Waals surface area contributed by atoms with E-state index in [1.54, 1.807) is 10.6 Å². The molecule has 2 aromatic heterocycles. The molecule has 1 aliphatic heterocycles. The minimum atomic E-state index is -0.471. The molecule has 1 aromatic carbocycles. The van der Waals surface area contributed by atoms with Gasteiger partial charge in [-0.15, -0.1) is 0 Å². The minimum Gasteiger partial charge on any atom is -0.490 e. The lowest BCUT2D eigenvalue weighted by Crippen LogP contribution is -2.25. The van der Waals surface area contributed by atoms with Crippen LogP contribution in [0, 0.1) is 12.7 Å². The highest BCUT2D eigenvalue weighted by atomic mass is 79.9. The number of carbonyl (C=O) groups is 1. The van der Waals surface area contributed by atoms with E-state index in [4.69, 9.17) is 14.5 Å². The standard InChI is InChI=1S/C22H20BrFN2O4/c1-3-13-6-19-21-15(9-26(19)22(28)16(13)10-29-11-27)12(2)14-7-20(30-5-4-23)17(24)8-18(14)25-21/h6-8,11H,3-5,9-10H2,1-2H3. The molecule has 156 valence electrons. The highest BCUT2D eigenvalue weighted by Gasteiger charge is 2.27. The lowest BCUT2D eigenvalue weighted by atomic mass is 10.0. The first kappa shape index (κ1) is 20.5. The number of halogens is 2. The van der Waals surface area contributed by atoms with Crippen LogP contribution in [0.25, 0.3) is 22.3 Å². The Morgan fingerprint density at radius 3 is 2.83 bits per heavy atom. The van der Waals surface area contributed by atoms with E-state index in [9.17, 15) is 14.0 Å². The molecule has 0 saturated heterocycles. The van der Waals surface area contributed by atoms with Crippen molar-refractivity contribution in [2.24, 2.45) is 0 Å². The number of nitrogens with zero attached hydrogens (tertiary/aromatic N) is 2. The Balaban J connectivity index is 1.90. The molecule has 0 unspecified atom stereocenters. The molecule has 8 heteroatoms. The molecule has 3 heterocycles. The number of ether oxygens (including phenoxy) is 2. The zero-order valence-corrected chi connectivity index (χ0v) is 18.2. The van der Waals surface area contributed by atoms with Crippen LogP contribution in [-0.4, -0.2) is 28.0 Å². The van der Waals surface area contributed by atoms with Gasteiger partial charge in [-0.3, -0.25) is 9.59 Å². The molecule has 0 bridgehead atoms. The van der Waals surface area contributed by atoms with E-state index in [0.29, 0.717) is 53.8 Å². The average Bonchev–Trinajstić information content (AvgIpc) is 3.11. The second-order valence-electron chi connectivity index (χ2n) is 7.09. The summed E-state index contributed by atoms with van der Waals surface area (Å²) in [5, 5.41) is 1.39. The molecule has 3 aromatic rings. The summed E-state index contributed by atoms with van der Waals surface area (Å²) in [7, 11) is 0. The van der Waals surface area contributed by atoms with Crippen LogP contribution in [0.4, 0.5) is 4.39 Å². The topological polar surface area (TPSA) is 70.4 Å². The first-order valence-corrected chi connectivity index (χ1v) is 10.7. The van der Waals surface area contributed by atoms with E-state index < -0.39 is 5.82 Å². The predicted octanol–water partition coefficient (Wildman–Crippen LogP) is 3.88. The molecule has 4 rings (SSSR count). The fourth-order valence-electron chi connectivity index (χ4n) is 3.97.